The van der Waals surface area contributed by atoms with Crippen molar-refractivity contribution in [2.75, 3.05) is 13.7 Å². The molecule has 8 nitrogen and oxygen atoms in total. The number of halogens is 2. The Balaban J connectivity index is 1.62. The van der Waals surface area contributed by atoms with E-state index in [4.69, 9.17) is 4.74 Å². The summed E-state index contributed by atoms with van der Waals surface area (Å²) in [4.78, 5) is 17.6. The number of benzene rings is 2. The van der Waals surface area contributed by atoms with Crippen LogP contribution in [0.3, 0.4) is 0 Å². The molecule has 0 spiro atoms. The van der Waals surface area contributed by atoms with E-state index in [1.165, 1.54) is 11.8 Å². The van der Waals surface area contributed by atoms with Gasteiger partial charge in [0, 0.05) is 20.3 Å². The normalized spacial score (nSPS) is 13.0. The molecule has 0 aliphatic carbocycles. The Morgan fingerprint density at radius 3 is 2.56 bits per heavy atom. The van der Waals surface area contributed by atoms with Gasteiger partial charge in [-0.3, -0.25) is 18.3 Å². The van der Waals surface area contributed by atoms with Crippen molar-refractivity contribution in [3.05, 3.63) is 64.7 Å². The highest BCUT2D eigenvalue weighted by atomic mass is 32.2. The Morgan fingerprint density at radius 1 is 1.06 bits per heavy atom. The van der Waals surface area contributed by atoms with E-state index in [1.807, 2.05) is 19.1 Å². The first kappa shape index (κ1) is 22.5. The van der Waals surface area contributed by atoms with Gasteiger partial charge in [0.1, 0.15) is 5.82 Å². The molecular weight excluding hydrogens is 462 g/mol. The average Bonchev–Trinajstić information content (AvgIpc) is 3.43. The summed E-state index contributed by atoms with van der Waals surface area (Å²) >= 11 is 1.27. The summed E-state index contributed by atoms with van der Waals surface area (Å²) in [5.74, 6) is 0.646. The van der Waals surface area contributed by atoms with Gasteiger partial charge in [-0.05, 0) is 37.6 Å². The van der Waals surface area contributed by atoms with Crippen molar-refractivity contribution in [1.82, 2.24) is 28.7 Å². The SMILES string of the molecule is COCCCn1c(=O)c2ccccc2n2c(SC(C)c3nc4ccccc4n3C(F)F)nnc12. The Labute approximate surface area is 197 Å². The second-order valence-electron chi connectivity index (χ2n) is 7.80. The van der Waals surface area contributed by atoms with Gasteiger partial charge in [0.15, 0.2) is 5.16 Å². The molecular formula is C23H22F2N6O2S. The van der Waals surface area contributed by atoms with Crippen LogP contribution in [0.1, 0.15) is 31.0 Å². The quantitative estimate of drug-likeness (QED) is 0.235. The lowest BCUT2D eigenvalue weighted by Crippen LogP contribution is -2.24. The smallest absolute Gasteiger partial charge is 0.320 e. The molecule has 0 N–H and O–H groups in total. The van der Waals surface area contributed by atoms with Gasteiger partial charge in [0.05, 0.1) is 27.2 Å². The molecule has 1 unspecified atom stereocenters. The standard InChI is InChI=1S/C23H22F2N6O2S/c1-14(19-26-16-9-4-6-11-18(16)30(19)21(24)25)34-23-28-27-22-29(12-7-13-33-2)20(32)15-8-3-5-10-17(15)31(22)23/h3-6,8-11,14,21H,7,12-13H2,1-2H3. The van der Waals surface area contributed by atoms with Crippen molar-refractivity contribution in [2.45, 2.75) is 36.8 Å². The second-order valence-corrected chi connectivity index (χ2v) is 9.11. The zero-order valence-corrected chi connectivity index (χ0v) is 19.4. The van der Waals surface area contributed by atoms with E-state index in [0.717, 1.165) is 4.57 Å². The Hall–Kier alpha value is -3.31. The van der Waals surface area contributed by atoms with Crippen molar-refractivity contribution >= 4 is 39.5 Å². The predicted octanol–water partition coefficient (Wildman–Crippen LogP) is 4.68. The van der Waals surface area contributed by atoms with Gasteiger partial charge in [-0.2, -0.15) is 8.78 Å². The minimum atomic E-state index is -2.73. The fraction of sp³-hybridized carbons (Fsp3) is 0.304. The molecule has 3 heterocycles. The molecule has 0 aliphatic rings. The third kappa shape index (κ3) is 3.74. The van der Waals surface area contributed by atoms with E-state index in [-0.39, 0.29) is 11.4 Å². The van der Waals surface area contributed by atoms with Crippen molar-refractivity contribution in [3.8, 4) is 0 Å². The highest BCUT2D eigenvalue weighted by Crippen LogP contribution is 2.37. The van der Waals surface area contributed by atoms with Crippen LogP contribution in [0, 0.1) is 0 Å². The summed E-state index contributed by atoms with van der Waals surface area (Å²) in [6.45, 7) is -0.00187. The molecule has 2 aromatic carbocycles. The summed E-state index contributed by atoms with van der Waals surface area (Å²) in [6, 6.07) is 14.1. The van der Waals surface area contributed by atoms with Gasteiger partial charge in [-0.1, -0.05) is 36.0 Å². The van der Waals surface area contributed by atoms with Crippen LogP contribution < -0.4 is 5.56 Å². The molecule has 0 saturated heterocycles. The highest BCUT2D eigenvalue weighted by molar-refractivity contribution is 7.99. The number of nitrogens with zero attached hydrogens (tertiary/aromatic N) is 6. The number of rotatable bonds is 8. The van der Waals surface area contributed by atoms with Crippen LogP contribution >= 0.6 is 11.8 Å². The highest BCUT2D eigenvalue weighted by Gasteiger charge is 2.25. The third-order valence-corrected chi connectivity index (χ3v) is 6.71. The second kappa shape index (κ2) is 9.15. The van der Waals surface area contributed by atoms with Gasteiger partial charge < -0.3 is 4.74 Å². The molecule has 5 aromatic rings. The number of methoxy groups -OCH3 is 1. The fourth-order valence-corrected chi connectivity index (χ4v) is 5.11. The molecule has 11 heteroatoms. The number of fused-ring (bicyclic) bond motifs is 4. The van der Waals surface area contributed by atoms with Crippen molar-refractivity contribution in [3.63, 3.8) is 0 Å². The van der Waals surface area contributed by atoms with Crippen LogP contribution in [0.5, 0.6) is 0 Å². The van der Waals surface area contributed by atoms with Crippen LogP contribution in [0.15, 0.2) is 58.5 Å². The number of hydrogen-bond donors (Lipinski definition) is 0. The summed E-state index contributed by atoms with van der Waals surface area (Å²) in [5, 5.41) is 9.19. The van der Waals surface area contributed by atoms with Crippen LogP contribution in [0.4, 0.5) is 8.78 Å². The number of hydrogen-bond acceptors (Lipinski definition) is 6. The molecule has 0 aliphatic heterocycles. The number of alkyl halides is 2. The number of aromatic nitrogens is 6. The van der Waals surface area contributed by atoms with Crippen LogP contribution in [-0.4, -0.2) is 42.4 Å². The topological polar surface area (TPSA) is 79.2 Å². The van der Waals surface area contributed by atoms with Gasteiger partial charge >= 0.3 is 6.55 Å². The zero-order chi connectivity index (χ0) is 23.8. The van der Waals surface area contributed by atoms with Gasteiger partial charge in [-0.25, -0.2) is 4.98 Å². The molecule has 0 bridgehead atoms. The lowest BCUT2D eigenvalue weighted by Gasteiger charge is -2.14. The molecule has 0 fully saturated rings. The molecule has 0 amide bonds. The molecule has 0 saturated carbocycles. The lowest BCUT2D eigenvalue weighted by molar-refractivity contribution is 0.0715. The van der Waals surface area contributed by atoms with E-state index >= 15 is 0 Å². The van der Waals surface area contributed by atoms with Crippen LogP contribution in [-0.2, 0) is 11.3 Å². The van der Waals surface area contributed by atoms with Crippen molar-refractivity contribution in [2.24, 2.45) is 0 Å². The third-order valence-electron chi connectivity index (χ3n) is 5.67. The van der Waals surface area contributed by atoms with Crippen molar-refractivity contribution in [1.29, 1.82) is 0 Å². The number of aryl methyl sites for hydroxylation is 1. The molecule has 3 aromatic heterocycles. The Morgan fingerprint density at radius 2 is 1.79 bits per heavy atom. The molecule has 5 rings (SSSR count). The van der Waals surface area contributed by atoms with E-state index in [9.17, 15) is 13.6 Å². The van der Waals surface area contributed by atoms with E-state index in [1.54, 1.807) is 52.5 Å². The number of thioether (sulfide) groups is 1. The Kier molecular flexibility index (Phi) is 6.05. The minimum Gasteiger partial charge on any atom is -0.385 e. The first-order valence-electron chi connectivity index (χ1n) is 10.8. The molecule has 176 valence electrons. The molecule has 0 radical (unpaired) electrons. The largest absolute Gasteiger partial charge is 0.385 e. The number of ether oxygens (including phenoxy) is 1. The van der Waals surface area contributed by atoms with Gasteiger partial charge in [0.25, 0.3) is 5.56 Å². The molecule has 34 heavy (non-hydrogen) atoms. The monoisotopic (exact) mass is 484 g/mol. The minimum absolute atomic E-state index is 0.157. The number of para-hydroxylation sites is 3. The summed E-state index contributed by atoms with van der Waals surface area (Å²) in [7, 11) is 1.61. The van der Waals surface area contributed by atoms with E-state index in [2.05, 4.69) is 15.2 Å². The maximum absolute atomic E-state index is 14.0. The lowest BCUT2D eigenvalue weighted by atomic mass is 10.2. The van der Waals surface area contributed by atoms with Crippen molar-refractivity contribution < 1.29 is 13.5 Å². The summed E-state index contributed by atoms with van der Waals surface area (Å²) in [5.41, 5.74) is 1.39. The maximum atomic E-state index is 14.0. The fourth-order valence-electron chi connectivity index (χ4n) is 4.14. The first-order valence-corrected chi connectivity index (χ1v) is 11.7. The average molecular weight is 485 g/mol. The van der Waals surface area contributed by atoms with Gasteiger partial charge in [0.2, 0.25) is 5.78 Å². The zero-order valence-electron chi connectivity index (χ0n) is 18.6. The molecule has 1 atom stereocenters. The Bertz CT molecular complexity index is 1540. The summed E-state index contributed by atoms with van der Waals surface area (Å²) in [6.07, 6.45) is 0.633. The van der Waals surface area contributed by atoms with E-state index in [0.29, 0.717) is 52.4 Å². The predicted molar refractivity (Wildman–Crippen MR) is 127 cm³/mol. The van der Waals surface area contributed by atoms with Crippen LogP contribution in [0.2, 0.25) is 0 Å². The summed E-state index contributed by atoms with van der Waals surface area (Å²) < 4.78 is 37.4. The van der Waals surface area contributed by atoms with Crippen LogP contribution in [0.25, 0.3) is 27.7 Å². The van der Waals surface area contributed by atoms with Gasteiger partial charge in [-0.15, -0.1) is 10.2 Å². The first-order chi connectivity index (χ1) is 16.5. The van der Waals surface area contributed by atoms with E-state index < -0.39 is 11.8 Å². The number of imidazole rings is 1. The maximum Gasteiger partial charge on any atom is 0.320 e.